The van der Waals surface area contributed by atoms with Crippen LogP contribution in [0, 0.1) is 25.7 Å². The zero-order chi connectivity index (χ0) is 56.3. The highest BCUT2D eigenvalue weighted by Crippen LogP contribution is 2.44. The van der Waals surface area contributed by atoms with Gasteiger partial charge in [-0.05, 0) is 159 Å². The first-order chi connectivity index (χ1) is 36.1. The smallest absolute Gasteiger partial charge is 0.434 e. The van der Waals surface area contributed by atoms with E-state index in [-0.39, 0.29) is 61.3 Å². The van der Waals surface area contributed by atoms with E-state index in [2.05, 4.69) is 67.7 Å². The number of piperidine rings is 4. The molecule has 0 aliphatic carbocycles. The second-order valence-corrected chi connectivity index (χ2v) is 24.1. The lowest BCUT2D eigenvalue weighted by Crippen LogP contribution is -2.54. The second-order valence-electron chi connectivity index (χ2n) is 24.1. The molecule has 8 rings (SSSR count). The molecule has 6 fully saturated rings. The summed E-state index contributed by atoms with van der Waals surface area (Å²) in [5.74, 6) is 0.559. The molecule has 6 heterocycles. The number of aryl methyl sites for hydroxylation is 2. The molecule has 2 aromatic carbocycles. The fraction of sp³-hybridized carbons (Fsp3) is 0.724. The highest BCUT2D eigenvalue weighted by molar-refractivity contribution is 5.79. The SMILES string of the molecule is C.Cc1ccc(CN2CCCC23CCN(C(=O)OC(C(F)(F)F)C(F)(F)F)CC3)c(N2CCC(C(=O)N(C)C)CC2)c1.Cc1ccc(CN2CCCC23CCN(C(=O)OC(C)(C)C)CC3)c(N2CCC(C(=O)N(C)C)CC2)c1. The van der Waals surface area contributed by atoms with Gasteiger partial charge in [-0.15, -0.1) is 0 Å². The number of halogens is 6. The zero-order valence-corrected chi connectivity index (χ0v) is 47.0. The molecule has 20 heteroatoms. The molecule has 0 unspecified atom stereocenters. The molecule has 6 saturated heterocycles. The van der Waals surface area contributed by atoms with Gasteiger partial charge in [0.2, 0.25) is 11.8 Å². The van der Waals surface area contributed by atoms with Gasteiger partial charge in [-0.3, -0.25) is 19.4 Å². The van der Waals surface area contributed by atoms with E-state index in [1.54, 1.807) is 23.9 Å². The first kappa shape index (κ1) is 62.2. The number of amides is 4. The van der Waals surface area contributed by atoms with Gasteiger partial charge in [0, 0.05) is 128 Å². The second kappa shape index (κ2) is 25.2. The quantitative estimate of drug-likeness (QED) is 0.225. The molecular formula is C58H88F6N8O6. The predicted molar refractivity (Wildman–Crippen MR) is 291 cm³/mol. The first-order valence-electron chi connectivity index (χ1n) is 27.8. The van der Waals surface area contributed by atoms with Crippen LogP contribution in [-0.4, -0.2) is 182 Å². The van der Waals surface area contributed by atoms with E-state index >= 15 is 0 Å². The van der Waals surface area contributed by atoms with E-state index < -0.39 is 30.2 Å². The number of likely N-dealkylation sites (tertiary alicyclic amines) is 4. The molecule has 6 aliphatic heterocycles. The lowest BCUT2D eigenvalue weighted by atomic mass is 9.84. The van der Waals surface area contributed by atoms with Crippen molar-refractivity contribution < 1.29 is 55.0 Å². The number of carbonyl (C=O) groups excluding carboxylic acids is 4. The molecule has 6 aliphatic rings. The Bertz CT molecular complexity index is 2350. The van der Waals surface area contributed by atoms with Crippen molar-refractivity contribution in [1.29, 1.82) is 0 Å². The molecule has 2 spiro atoms. The van der Waals surface area contributed by atoms with Gasteiger partial charge in [-0.1, -0.05) is 31.7 Å². The van der Waals surface area contributed by atoms with E-state index in [0.717, 1.165) is 132 Å². The Labute approximate surface area is 459 Å². The fourth-order valence-corrected chi connectivity index (χ4v) is 12.7. The summed E-state index contributed by atoms with van der Waals surface area (Å²) in [5.41, 5.74) is 6.79. The minimum Gasteiger partial charge on any atom is -0.444 e. The van der Waals surface area contributed by atoms with E-state index in [0.29, 0.717) is 19.4 Å². The summed E-state index contributed by atoms with van der Waals surface area (Å²) in [4.78, 5) is 65.9. The molecule has 0 aromatic heterocycles. The summed E-state index contributed by atoms with van der Waals surface area (Å²) in [5, 5.41) is 0. The monoisotopic (exact) mass is 1110 g/mol. The number of rotatable bonds is 9. The maximum Gasteiger partial charge on any atom is 0.434 e. The Morgan fingerprint density at radius 1 is 0.564 bits per heavy atom. The Hall–Kier alpha value is -4.98. The van der Waals surface area contributed by atoms with Crippen LogP contribution in [0.25, 0.3) is 0 Å². The van der Waals surface area contributed by atoms with Gasteiger partial charge in [0.1, 0.15) is 5.60 Å². The van der Waals surface area contributed by atoms with Crippen molar-refractivity contribution in [2.75, 3.05) is 103 Å². The normalized spacial score (nSPS) is 20.6. The van der Waals surface area contributed by atoms with Crippen LogP contribution in [0.4, 0.5) is 47.3 Å². The number of benzene rings is 2. The summed E-state index contributed by atoms with van der Waals surface area (Å²) < 4.78 is 86.8. The molecule has 0 atom stereocenters. The molecule has 0 N–H and O–H groups in total. The van der Waals surface area contributed by atoms with Crippen LogP contribution in [0.5, 0.6) is 0 Å². The lowest BCUT2D eigenvalue weighted by molar-refractivity contribution is -0.308. The third-order valence-electron chi connectivity index (χ3n) is 17.0. The minimum atomic E-state index is -5.74. The highest BCUT2D eigenvalue weighted by atomic mass is 19.4. The Morgan fingerprint density at radius 2 is 0.923 bits per heavy atom. The van der Waals surface area contributed by atoms with Crippen molar-refractivity contribution in [3.8, 4) is 0 Å². The Morgan fingerprint density at radius 3 is 1.26 bits per heavy atom. The van der Waals surface area contributed by atoms with Crippen molar-refractivity contribution in [2.45, 2.75) is 167 Å². The summed E-state index contributed by atoms with van der Waals surface area (Å²) >= 11 is 0. The van der Waals surface area contributed by atoms with Crippen molar-refractivity contribution in [3.05, 3.63) is 58.7 Å². The van der Waals surface area contributed by atoms with Gasteiger partial charge in [0.25, 0.3) is 6.10 Å². The number of hydrogen-bond donors (Lipinski definition) is 0. The number of ether oxygens (including phenoxy) is 2. The van der Waals surface area contributed by atoms with Crippen LogP contribution < -0.4 is 9.80 Å². The number of alkyl halides is 6. The van der Waals surface area contributed by atoms with Crippen LogP contribution in [-0.2, 0) is 32.2 Å². The van der Waals surface area contributed by atoms with E-state index in [1.165, 1.54) is 29.7 Å². The molecule has 4 amide bonds. The van der Waals surface area contributed by atoms with Gasteiger partial charge in [0.15, 0.2) is 0 Å². The van der Waals surface area contributed by atoms with Crippen molar-refractivity contribution in [1.82, 2.24) is 29.4 Å². The molecule has 0 radical (unpaired) electrons. The fourth-order valence-electron chi connectivity index (χ4n) is 12.7. The van der Waals surface area contributed by atoms with E-state index in [9.17, 15) is 45.5 Å². The maximum atomic E-state index is 12.9. The molecule has 2 aromatic rings. The van der Waals surface area contributed by atoms with Gasteiger partial charge < -0.3 is 38.9 Å². The van der Waals surface area contributed by atoms with Crippen LogP contribution in [0.2, 0.25) is 0 Å². The summed E-state index contributed by atoms with van der Waals surface area (Å²) in [6.07, 6.45) is -6.99. The van der Waals surface area contributed by atoms with Crippen LogP contribution >= 0.6 is 0 Å². The number of anilines is 2. The molecule has 0 saturated carbocycles. The standard InChI is InChI=1S/C29H46N4O3.C28H38F6N4O3.CH4/c1-22-8-9-24(25(20-22)31-16-10-23(11-17-31)26(34)30(5)6)21-33-15-7-12-29(33)13-18-32(19-14-29)27(35)36-28(2,3)4;1-19-5-6-21(22(17-19)36-13-7-20(8-14-36)23(39)35(2)3)18-38-12-4-9-26(38)10-15-37(16-11-26)25(40)41-24(27(29,30)31)28(32,33)34;/h8-9,20,23H,7,10-19,21H2,1-6H3;5-6,17,20,24H,4,7-16,18H2,1-3H3;1H4. The molecule has 78 heavy (non-hydrogen) atoms. The van der Waals surface area contributed by atoms with Crippen molar-refractivity contribution in [2.24, 2.45) is 11.8 Å². The van der Waals surface area contributed by atoms with Gasteiger partial charge in [0.05, 0.1) is 0 Å². The maximum absolute atomic E-state index is 12.9. The molecule has 438 valence electrons. The zero-order valence-electron chi connectivity index (χ0n) is 47.0. The number of carbonyl (C=O) groups is 4. The minimum absolute atomic E-state index is 0. The van der Waals surface area contributed by atoms with Crippen LogP contribution in [0.15, 0.2) is 36.4 Å². The summed E-state index contributed by atoms with van der Waals surface area (Å²) in [7, 11) is 7.26. The highest BCUT2D eigenvalue weighted by Gasteiger charge is 2.60. The van der Waals surface area contributed by atoms with Gasteiger partial charge in [-0.2, -0.15) is 26.3 Å². The average molecular weight is 1110 g/mol. The average Bonchev–Trinajstić information content (AvgIpc) is 3.95. The van der Waals surface area contributed by atoms with Crippen molar-refractivity contribution in [3.63, 3.8) is 0 Å². The van der Waals surface area contributed by atoms with Gasteiger partial charge in [-0.25, -0.2) is 9.59 Å². The predicted octanol–water partition coefficient (Wildman–Crippen LogP) is 10.7. The lowest BCUT2D eigenvalue weighted by Gasteiger charge is -2.45. The molecule has 14 nitrogen and oxygen atoms in total. The Kier molecular flexibility index (Phi) is 20.1. The van der Waals surface area contributed by atoms with Crippen molar-refractivity contribution >= 4 is 35.4 Å². The summed E-state index contributed by atoms with van der Waals surface area (Å²) in [6, 6.07) is 13.2. The van der Waals surface area contributed by atoms with Crippen LogP contribution in [0.1, 0.15) is 128 Å². The molecule has 0 bridgehead atoms. The number of nitrogens with zero attached hydrogens (tertiary/aromatic N) is 8. The van der Waals surface area contributed by atoms with Gasteiger partial charge >= 0.3 is 24.5 Å². The Balaban J connectivity index is 0.000000251. The largest absolute Gasteiger partial charge is 0.444 e. The first-order valence-corrected chi connectivity index (χ1v) is 27.8. The summed E-state index contributed by atoms with van der Waals surface area (Å²) in [6.45, 7) is 18.4. The number of hydrogen-bond acceptors (Lipinski definition) is 10. The third kappa shape index (κ3) is 15.1. The van der Waals surface area contributed by atoms with Crippen LogP contribution in [0.3, 0.4) is 0 Å². The third-order valence-corrected chi connectivity index (χ3v) is 17.0. The van der Waals surface area contributed by atoms with E-state index in [1.807, 2.05) is 46.7 Å². The topological polar surface area (TPSA) is 113 Å². The molecular weight excluding hydrogens is 1020 g/mol. The van der Waals surface area contributed by atoms with E-state index in [4.69, 9.17) is 4.74 Å².